The van der Waals surface area contributed by atoms with Crippen LogP contribution in [0.1, 0.15) is 10.4 Å². The lowest BCUT2D eigenvalue weighted by atomic mass is 10.1. The highest BCUT2D eigenvalue weighted by atomic mass is 16.5. The molecule has 0 atom stereocenters. The van der Waals surface area contributed by atoms with Gasteiger partial charge in [0.15, 0.2) is 0 Å². The van der Waals surface area contributed by atoms with Crippen LogP contribution in [0.4, 0.5) is 4.79 Å². The van der Waals surface area contributed by atoms with Gasteiger partial charge in [0.1, 0.15) is 0 Å². The fourth-order valence-corrected chi connectivity index (χ4v) is 2.33. The molecule has 1 saturated heterocycles. The first kappa shape index (κ1) is 12.6. The Labute approximate surface area is 114 Å². The third-order valence-electron chi connectivity index (χ3n) is 3.35. The van der Waals surface area contributed by atoms with Crippen LogP contribution in [-0.2, 0) is 4.74 Å². The molecule has 3 heterocycles. The van der Waals surface area contributed by atoms with Crippen molar-refractivity contribution in [3.8, 4) is 0 Å². The predicted molar refractivity (Wildman–Crippen MR) is 69.9 cm³/mol. The largest absolute Gasteiger partial charge is 0.464 e. The first-order valence-corrected chi connectivity index (χ1v) is 6.24. The summed E-state index contributed by atoms with van der Waals surface area (Å²) in [5.41, 5.74) is 0.834. The van der Waals surface area contributed by atoms with Gasteiger partial charge in [-0.3, -0.25) is 14.3 Å². The van der Waals surface area contributed by atoms with E-state index in [9.17, 15) is 9.59 Å². The van der Waals surface area contributed by atoms with Gasteiger partial charge in [0.05, 0.1) is 30.5 Å². The number of nitrogens with zero attached hydrogens (tertiary/aromatic N) is 3. The number of carbonyl (C=O) groups is 2. The Kier molecular flexibility index (Phi) is 3.11. The molecule has 0 spiro atoms. The molecule has 3 rings (SSSR count). The summed E-state index contributed by atoms with van der Waals surface area (Å²) in [7, 11) is 0. The van der Waals surface area contributed by atoms with Crippen LogP contribution in [0.3, 0.4) is 0 Å². The molecule has 20 heavy (non-hydrogen) atoms. The smallest absolute Gasteiger partial charge is 0.416 e. The van der Waals surface area contributed by atoms with Gasteiger partial charge in [-0.1, -0.05) is 0 Å². The maximum Gasteiger partial charge on any atom is 0.416 e. The lowest BCUT2D eigenvalue weighted by molar-refractivity contribution is 0.0304. The number of pyridine rings is 1. The molecule has 0 saturated carbocycles. The number of aromatic nitrogens is 2. The Hall–Kier alpha value is -2.41. The summed E-state index contributed by atoms with van der Waals surface area (Å²) in [6.07, 6.45) is 3.24. The maximum atomic E-state index is 12.5. The monoisotopic (exact) mass is 275 g/mol. The minimum atomic E-state index is -1.10. The van der Waals surface area contributed by atoms with E-state index < -0.39 is 6.09 Å². The Bertz CT molecular complexity index is 673. The molecule has 1 fully saturated rings. The average Bonchev–Trinajstić information content (AvgIpc) is 2.91. The van der Waals surface area contributed by atoms with Crippen molar-refractivity contribution in [3.63, 3.8) is 0 Å². The highest BCUT2D eigenvalue weighted by Gasteiger charge is 2.22. The second kappa shape index (κ2) is 4.93. The van der Waals surface area contributed by atoms with Gasteiger partial charge in [-0.15, -0.1) is 0 Å². The zero-order valence-electron chi connectivity index (χ0n) is 10.7. The molecule has 7 nitrogen and oxygen atoms in total. The summed E-state index contributed by atoms with van der Waals surface area (Å²) in [5.74, 6) is -0.144. The molecule has 0 bridgehead atoms. The van der Waals surface area contributed by atoms with Crippen LogP contribution in [0.25, 0.3) is 10.9 Å². The number of fused-ring (bicyclic) bond motifs is 1. The van der Waals surface area contributed by atoms with E-state index in [4.69, 9.17) is 9.84 Å². The van der Waals surface area contributed by atoms with Crippen LogP contribution in [0.2, 0.25) is 0 Å². The number of hydrogen-bond donors (Lipinski definition) is 1. The standard InChI is InChI=1S/C13H13N3O4/c17-12(15-3-5-20-6-4-15)10-7-14-8-11-9(10)1-2-16(11)13(18)19/h1-2,7-8H,3-6H2,(H,18,19). The maximum absolute atomic E-state index is 12.5. The van der Waals surface area contributed by atoms with E-state index >= 15 is 0 Å². The number of hydrogen-bond acceptors (Lipinski definition) is 4. The first-order valence-electron chi connectivity index (χ1n) is 6.24. The van der Waals surface area contributed by atoms with Crippen molar-refractivity contribution in [2.45, 2.75) is 0 Å². The van der Waals surface area contributed by atoms with Crippen LogP contribution < -0.4 is 0 Å². The van der Waals surface area contributed by atoms with E-state index in [-0.39, 0.29) is 5.91 Å². The van der Waals surface area contributed by atoms with Gasteiger partial charge in [-0.2, -0.15) is 0 Å². The predicted octanol–water partition coefficient (Wildman–Crippen LogP) is 1.03. The van der Waals surface area contributed by atoms with Gasteiger partial charge in [0.2, 0.25) is 0 Å². The topological polar surface area (TPSA) is 84.7 Å². The number of carbonyl (C=O) groups excluding carboxylic acids is 1. The van der Waals surface area contributed by atoms with Gasteiger partial charge in [0, 0.05) is 30.9 Å². The van der Waals surface area contributed by atoms with E-state index in [0.717, 1.165) is 4.57 Å². The molecule has 1 amide bonds. The molecule has 1 aliphatic rings. The van der Waals surface area contributed by atoms with Crippen LogP contribution >= 0.6 is 0 Å². The van der Waals surface area contributed by atoms with Crippen LogP contribution in [0.15, 0.2) is 24.7 Å². The Morgan fingerprint density at radius 2 is 2.00 bits per heavy atom. The van der Waals surface area contributed by atoms with Crippen molar-refractivity contribution in [3.05, 3.63) is 30.2 Å². The van der Waals surface area contributed by atoms with Gasteiger partial charge < -0.3 is 14.7 Å². The summed E-state index contributed by atoms with van der Waals surface area (Å²) in [6.45, 7) is 2.11. The van der Waals surface area contributed by atoms with E-state index in [2.05, 4.69) is 4.98 Å². The molecule has 0 aromatic carbocycles. The van der Waals surface area contributed by atoms with E-state index in [1.165, 1.54) is 18.6 Å². The van der Waals surface area contributed by atoms with E-state index in [1.54, 1.807) is 11.0 Å². The summed E-state index contributed by atoms with van der Waals surface area (Å²) in [6, 6.07) is 1.62. The average molecular weight is 275 g/mol. The minimum absolute atomic E-state index is 0.144. The fourth-order valence-electron chi connectivity index (χ4n) is 2.33. The van der Waals surface area contributed by atoms with Gasteiger partial charge >= 0.3 is 6.09 Å². The molecule has 0 aliphatic carbocycles. The number of morpholine rings is 1. The summed E-state index contributed by atoms with van der Waals surface area (Å²) in [4.78, 5) is 29.2. The quantitative estimate of drug-likeness (QED) is 0.840. The highest BCUT2D eigenvalue weighted by Crippen LogP contribution is 2.20. The summed E-state index contributed by atoms with van der Waals surface area (Å²) in [5, 5.41) is 9.67. The minimum Gasteiger partial charge on any atom is -0.464 e. The van der Waals surface area contributed by atoms with Crippen molar-refractivity contribution < 1.29 is 19.4 Å². The third kappa shape index (κ3) is 2.01. The Balaban J connectivity index is 2.03. The van der Waals surface area contributed by atoms with Crippen LogP contribution in [0.5, 0.6) is 0 Å². The lowest BCUT2D eigenvalue weighted by Gasteiger charge is -2.26. The van der Waals surface area contributed by atoms with Gasteiger partial charge in [-0.05, 0) is 6.07 Å². The molecule has 104 valence electrons. The summed E-state index contributed by atoms with van der Waals surface area (Å²) < 4.78 is 6.27. The van der Waals surface area contributed by atoms with Crippen molar-refractivity contribution in [1.82, 2.24) is 14.5 Å². The Morgan fingerprint density at radius 1 is 1.25 bits per heavy atom. The zero-order valence-corrected chi connectivity index (χ0v) is 10.7. The van der Waals surface area contributed by atoms with Crippen LogP contribution in [-0.4, -0.2) is 57.9 Å². The van der Waals surface area contributed by atoms with Crippen molar-refractivity contribution >= 4 is 22.9 Å². The highest BCUT2D eigenvalue weighted by molar-refractivity contribution is 6.07. The van der Waals surface area contributed by atoms with Crippen molar-refractivity contribution in [2.24, 2.45) is 0 Å². The molecule has 0 unspecified atom stereocenters. The second-order valence-electron chi connectivity index (χ2n) is 4.49. The summed E-state index contributed by atoms with van der Waals surface area (Å²) >= 11 is 0. The molecule has 2 aromatic heterocycles. The molecular formula is C13H13N3O4. The van der Waals surface area contributed by atoms with Crippen molar-refractivity contribution in [2.75, 3.05) is 26.3 Å². The van der Waals surface area contributed by atoms with E-state index in [1.807, 2.05) is 0 Å². The SMILES string of the molecule is O=C(c1cncc2c1ccn2C(=O)O)N1CCOCC1. The van der Waals surface area contributed by atoms with E-state index in [0.29, 0.717) is 42.8 Å². The molecule has 1 aliphatic heterocycles. The molecule has 7 heteroatoms. The van der Waals surface area contributed by atoms with Crippen LogP contribution in [0, 0.1) is 0 Å². The fraction of sp³-hybridized carbons (Fsp3) is 0.308. The number of rotatable bonds is 1. The normalized spacial score (nSPS) is 15.5. The molecule has 0 radical (unpaired) electrons. The van der Waals surface area contributed by atoms with Gasteiger partial charge in [0.25, 0.3) is 5.91 Å². The molecular weight excluding hydrogens is 262 g/mol. The van der Waals surface area contributed by atoms with Gasteiger partial charge in [-0.25, -0.2) is 4.79 Å². The second-order valence-corrected chi connectivity index (χ2v) is 4.49. The Morgan fingerprint density at radius 3 is 2.70 bits per heavy atom. The lowest BCUT2D eigenvalue weighted by Crippen LogP contribution is -2.40. The first-order chi connectivity index (χ1) is 9.68. The molecule has 2 aromatic rings. The molecule has 1 N–H and O–H groups in total. The number of ether oxygens (including phenoxy) is 1. The number of carboxylic acid groups (broad SMARTS) is 1. The zero-order chi connectivity index (χ0) is 14.1. The third-order valence-corrected chi connectivity index (χ3v) is 3.35. The van der Waals surface area contributed by atoms with Crippen molar-refractivity contribution in [1.29, 1.82) is 0 Å². The number of amides is 1.